The minimum absolute atomic E-state index is 0.702. The Balaban J connectivity index is 1.69. The van der Waals surface area contributed by atoms with Crippen molar-refractivity contribution < 1.29 is 4.79 Å². The van der Waals surface area contributed by atoms with Gasteiger partial charge in [-0.1, -0.05) is 84.9 Å². The Kier molecular flexibility index (Phi) is 4.71. The Hall–Kier alpha value is -3.97. The second-order valence-electron chi connectivity index (χ2n) is 7.47. The summed E-state index contributed by atoms with van der Waals surface area (Å²) in [5.74, 6) is 0. The first kappa shape index (κ1) is 18.1. The zero-order valence-electron chi connectivity index (χ0n) is 16.5. The highest BCUT2D eigenvalue weighted by Gasteiger charge is 2.08. The second-order valence-corrected chi connectivity index (χ2v) is 7.47. The van der Waals surface area contributed by atoms with Crippen molar-refractivity contribution in [2.75, 3.05) is 0 Å². The van der Waals surface area contributed by atoms with Crippen LogP contribution in [0.2, 0.25) is 0 Å². The fraction of sp³-hybridized carbons (Fsp3) is 0. The SMILES string of the molecule is O=Cc1ccc2cc(-c3cc(-c4ccccc4)cc(-c4ccccc4)c3)ccc2c1. The van der Waals surface area contributed by atoms with E-state index in [4.69, 9.17) is 0 Å². The van der Waals surface area contributed by atoms with Gasteiger partial charge in [-0.15, -0.1) is 0 Å². The highest BCUT2D eigenvalue weighted by atomic mass is 16.1. The summed E-state index contributed by atoms with van der Waals surface area (Å²) in [6, 6.07) is 40.0. The minimum Gasteiger partial charge on any atom is -0.298 e. The molecular formula is C29H20O. The predicted octanol–water partition coefficient (Wildman–Crippen LogP) is 7.65. The Morgan fingerprint density at radius 3 is 1.47 bits per heavy atom. The van der Waals surface area contributed by atoms with Crippen LogP contribution in [-0.2, 0) is 0 Å². The van der Waals surface area contributed by atoms with Gasteiger partial charge >= 0.3 is 0 Å². The van der Waals surface area contributed by atoms with Crippen LogP contribution >= 0.6 is 0 Å². The van der Waals surface area contributed by atoms with Crippen molar-refractivity contribution in [2.24, 2.45) is 0 Å². The average Bonchev–Trinajstić information content (AvgIpc) is 2.84. The average molecular weight is 384 g/mol. The van der Waals surface area contributed by atoms with Crippen LogP contribution in [0.15, 0.2) is 115 Å². The number of aldehydes is 1. The zero-order valence-corrected chi connectivity index (χ0v) is 16.5. The van der Waals surface area contributed by atoms with E-state index in [2.05, 4.69) is 84.9 Å². The van der Waals surface area contributed by atoms with Crippen LogP contribution in [0.3, 0.4) is 0 Å². The van der Waals surface area contributed by atoms with Crippen molar-refractivity contribution in [3.05, 3.63) is 121 Å². The number of carbonyl (C=O) groups excluding carboxylic acids is 1. The molecule has 5 rings (SSSR count). The maximum Gasteiger partial charge on any atom is 0.150 e. The second kappa shape index (κ2) is 7.81. The van der Waals surface area contributed by atoms with Gasteiger partial charge in [0.25, 0.3) is 0 Å². The van der Waals surface area contributed by atoms with E-state index in [0.29, 0.717) is 5.56 Å². The molecule has 0 N–H and O–H groups in total. The topological polar surface area (TPSA) is 17.1 Å². The lowest BCUT2D eigenvalue weighted by molar-refractivity contribution is 0.112. The lowest BCUT2D eigenvalue weighted by Gasteiger charge is -2.12. The van der Waals surface area contributed by atoms with E-state index >= 15 is 0 Å². The summed E-state index contributed by atoms with van der Waals surface area (Å²) >= 11 is 0. The van der Waals surface area contributed by atoms with Gasteiger partial charge in [0, 0.05) is 5.56 Å². The Morgan fingerprint density at radius 2 is 0.900 bits per heavy atom. The molecule has 0 atom stereocenters. The summed E-state index contributed by atoms with van der Waals surface area (Å²) in [5, 5.41) is 2.20. The number of hydrogen-bond donors (Lipinski definition) is 0. The molecule has 0 amide bonds. The molecule has 142 valence electrons. The number of hydrogen-bond acceptors (Lipinski definition) is 1. The monoisotopic (exact) mass is 384 g/mol. The molecule has 0 saturated heterocycles. The highest BCUT2D eigenvalue weighted by Crippen LogP contribution is 2.34. The van der Waals surface area contributed by atoms with Crippen LogP contribution in [-0.4, -0.2) is 6.29 Å². The maximum atomic E-state index is 11.1. The summed E-state index contributed by atoms with van der Waals surface area (Å²) in [7, 11) is 0. The molecule has 1 nitrogen and oxygen atoms in total. The Bertz CT molecular complexity index is 1280. The molecule has 0 aromatic heterocycles. The quantitative estimate of drug-likeness (QED) is 0.291. The van der Waals surface area contributed by atoms with E-state index in [0.717, 1.165) is 22.6 Å². The molecule has 5 aromatic rings. The van der Waals surface area contributed by atoms with Crippen LogP contribution in [0, 0.1) is 0 Å². The van der Waals surface area contributed by atoms with Crippen molar-refractivity contribution in [2.45, 2.75) is 0 Å². The molecule has 0 aliphatic rings. The number of fused-ring (bicyclic) bond motifs is 1. The Morgan fingerprint density at radius 1 is 0.400 bits per heavy atom. The zero-order chi connectivity index (χ0) is 20.3. The molecule has 0 aliphatic heterocycles. The molecule has 0 aliphatic carbocycles. The molecule has 0 spiro atoms. The molecule has 30 heavy (non-hydrogen) atoms. The smallest absolute Gasteiger partial charge is 0.150 e. The van der Waals surface area contributed by atoms with E-state index in [1.165, 1.54) is 27.8 Å². The summed E-state index contributed by atoms with van der Waals surface area (Å²) in [4.78, 5) is 11.1. The van der Waals surface area contributed by atoms with Crippen LogP contribution in [0.4, 0.5) is 0 Å². The van der Waals surface area contributed by atoms with E-state index < -0.39 is 0 Å². The number of benzene rings is 5. The first-order valence-electron chi connectivity index (χ1n) is 10.1. The van der Waals surface area contributed by atoms with Crippen molar-refractivity contribution >= 4 is 17.1 Å². The molecule has 0 fully saturated rings. The van der Waals surface area contributed by atoms with E-state index in [-0.39, 0.29) is 0 Å². The summed E-state index contributed by atoms with van der Waals surface area (Å²) in [5.41, 5.74) is 7.84. The summed E-state index contributed by atoms with van der Waals surface area (Å²) < 4.78 is 0. The van der Waals surface area contributed by atoms with Crippen molar-refractivity contribution in [1.82, 2.24) is 0 Å². The fourth-order valence-electron chi connectivity index (χ4n) is 3.91. The van der Waals surface area contributed by atoms with Gasteiger partial charge in [-0.05, 0) is 74.5 Å². The van der Waals surface area contributed by atoms with Gasteiger partial charge in [0.05, 0.1) is 0 Å². The van der Waals surface area contributed by atoms with Gasteiger partial charge in [0.15, 0.2) is 0 Å². The van der Waals surface area contributed by atoms with Crippen LogP contribution in [0.25, 0.3) is 44.2 Å². The van der Waals surface area contributed by atoms with Gasteiger partial charge in [0.1, 0.15) is 6.29 Å². The fourth-order valence-corrected chi connectivity index (χ4v) is 3.91. The van der Waals surface area contributed by atoms with Crippen LogP contribution < -0.4 is 0 Å². The first-order chi connectivity index (χ1) is 14.8. The van der Waals surface area contributed by atoms with Gasteiger partial charge in [-0.2, -0.15) is 0 Å². The molecule has 0 radical (unpaired) electrons. The number of rotatable bonds is 4. The summed E-state index contributed by atoms with van der Waals surface area (Å²) in [6.45, 7) is 0. The van der Waals surface area contributed by atoms with Crippen molar-refractivity contribution in [3.8, 4) is 33.4 Å². The van der Waals surface area contributed by atoms with Gasteiger partial charge in [-0.25, -0.2) is 0 Å². The first-order valence-corrected chi connectivity index (χ1v) is 10.1. The molecule has 0 saturated carbocycles. The molecule has 5 aromatic carbocycles. The third-order valence-electron chi connectivity index (χ3n) is 5.48. The van der Waals surface area contributed by atoms with E-state index in [1.54, 1.807) is 0 Å². The van der Waals surface area contributed by atoms with Gasteiger partial charge in [-0.3, -0.25) is 4.79 Å². The largest absolute Gasteiger partial charge is 0.298 e. The van der Waals surface area contributed by atoms with E-state index in [1.807, 2.05) is 30.3 Å². The maximum absolute atomic E-state index is 11.1. The third-order valence-corrected chi connectivity index (χ3v) is 5.48. The number of carbonyl (C=O) groups is 1. The standard InChI is InChI=1S/C29H20O/c30-20-21-11-12-25-16-26(14-13-24(25)15-21)29-18-27(22-7-3-1-4-8-22)17-28(19-29)23-9-5-2-6-10-23/h1-20H. The van der Waals surface area contributed by atoms with Gasteiger partial charge < -0.3 is 0 Å². The van der Waals surface area contributed by atoms with Crippen molar-refractivity contribution in [3.63, 3.8) is 0 Å². The van der Waals surface area contributed by atoms with Gasteiger partial charge in [0.2, 0.25) is 0 Å². The minimum atomic E-state index is 0.702. The molecule has 0 bridgehead atoms. The molecule has 1 heteroatoms. The predicted molar refractivity (Wildman–Crippen MR) is 126 cm³/mol. The normalized spacial score (nSPS) is 10.8. The highest BCUT2D eigenvalue weighted by molar-refractivity contribution is 5.92. The molecule has 0 unspecified atom stereocenters. The lowest BCUT2D eigenvalue weighted by Crippen LogP contribution is -1.87. The lowest BCUT2D eigenvalue weighted by atomic mass is 9.92. The third kappa shape index (κ3) is 3.54. The molecular weight excluding hydrogens is 364 g/mol. The molecule has 0 heterocycles. The van der Waals surface area contributed by atoms with E-state index in [9.17, 15) is 4.79 Å². The Labute approximate surface area is 176 Å². The van der Waals surface area contributed by atoms with Crippen LogP contribution in [0.1, 0.15) is 10.4 Å². The summed E-state index contributed by atoms with van der Waals surface area (Å²) in [6.07, 6.45) is 0.892. The van der Waals surface area contributed by atoms with Crippen LogP contribution in [0.5, 0.6) is 0 Å². The van der Waals surface area contributed by atoms with Crippen molar-refractivity contribution in [1.29, 1.82) is 0 Å².